The van der Waals surface area contributed by atoms with Gasteiger partial charge in [0.1, 0.15) is 0 Å². The molecule has 1 aromatic rings. The maximum atomic E-state index is 12.5. The lowest BCUT2D eigenvalue weighted by Gasteiger charge is -2.24. The van der Waals surface area contributed by atoms with Crippen molar-refractivity contribution in [3.63, 3.8) is 0 Å². The molecule has 0 saturated carbocycles. The molecular formula is C13H17N3O4. The summed E-state index contributed by atoms with van der Waals surface area (Å²) >= 11 is 0. The van der Waals surface area contributed by atoms with E-state index in [2.05, 4.69) is 0 Å². The molecule has 0 radical (unpaired) electrons. The van der Waals surface area contributed by atoms with Gasteiger partial charge < -0.3 is 15.4 Å². The number of ether oxygens (including phenoxy) is 1. The van der Waals surface area contributed by atoms with Crippen LogP contribution in [-0.4, -0.2) is 42.0 Å². The van der Waals surface area contributed by atoms with E-state index in [4.69, 9.17) is 10.5 Å². The van der Waals surface area contributed by atoms with Gasteiger partial charge in [-0.25, -0.2) is 0 Å². The number of nitrogens with zero attached hydrogens (tertiary/aromatic N) is 2. The van der Waals surface area contributed by atoms with Crippen molar-refractivity contribution < 1.29 is 14.5 Å². The molecule has 1 aliphatic heterocycles. The molecule has 0 aliphatic carbocycles. The van der Waals surface area contributed by atoms with E-state index in [9.17, 15) is 14.9 Å². The first-order chi connectivity index (χ1) is 9.60. The summed E-state index contributed by atoms with van der Waals surface area (Å²) < 4.78 is 5.07. The third kappa shape index (κ3) is 2.44. The molecule has 1 aromatic carbocycles. The minimum Gasteiger partial charge on any atom is -0.490 e. The zero-order valence-corrected chi connectivity index (χ0v) is 11.2. The molecule has 0 aromatic heterocycles. The number of carbonyl (C=O) groups is 1. The van der Waals surface area contributed by atoms with Crippen LogP contribution in [0.25, 0.3) is 0 Å². The number of nitro benzene ring substituents is 1. The van der Waals surface area contributed by atoms with Crippen molar-refractivity contribution in [3.8, 4) is 5.75 Å². The van der Waals surface area contributed by atoms with E-state index in [1.807, 2.05) is 0 Å². The molecule has 1 atom stereocenters. The number of para-hydroxylation sites is 1. The highest BCUT2D eigenvalue weighted by Crippen LogP contribution is 2.32. The Morgan fingerprint density at radius 1 is 1.60 bits per heavy atom. The summed E-state index contributed by atoms with van der Waals surface area (Å²) in [5.74, 6) is -0.260. The number of rotatable bonds is 4. The number of hydrogen-bond donors (Lipinski definition) is 1. The first kappa shape index (κ1) is 14.3. The van der Waals surface area contributed by atoms with Gasteiger partial charge in [-0.2, -0.15) is 0 Å². The Kier molecular flexibility index (Phi) is 4.19. The second kappa shape index (κ2) is 5.87. The Morgan fingerprint density at radius 2 is 2.35 bits per heavy atom. The lowest BCUT2D eigenvalue weighted by Crippen LogP contribution is -2.40. The molecule has 7 nitrogen and oxygen atoms in total. The molecule has 1 fully saturated rings. The first-order valence-corrected chi connectivity index (χ1v) is 6.42. The lowest BCUT2D eigenvalue weighted by atomic mass is 10.1. The van der Waals surface area contributed by atoms with E-state index < -0.39 is 4.92 Å². The Labute approximate surface area is 116 Å². The number of nitro groups is 1. The molecule has 7 heteroatoms. The van der Waals surface area contributed by atoms with Crippen molar-refractivity contribution in [2.24, 2.45) is 5.73 Å². The van der Waals surface area contributed by atoms with Crippen LogP contribution in [0.1, 0.15) is 23.2 Å². The van der Waals surface area contributed by atoms with Crippen molar-refractivity contribution in [1.82, 2.24) is 4.90 Å². The second-order valence-electron chi connectivity index (χ2n) is 4.65. The molecule has 0 bridgehead atoms. The summed E-state index contributed by atoms with van der Waals surface area (Å²) in [6.45, 7) is 1.01. The monoisotopic (exact) mass is 279 g/mol. The van der Waals surface area contributed by atoms with Crippen molar-refractivity contribution in [2.75, 3.05) is 20.2 Å². The fraction of sp³-hybridized carbons (Fsp3) is 0.462. The average Bonchev–Trinajstić information content (AvgIpc) is 2.93. The third-order valence-corrected chi connectivity index (χ3v) is 3.54. The first-order valence-electron chi connectivity index (χ1n) is 6.42. The summed E-state index contributed by atoms with van der Waals surface area (Å²) in [5, 5.41) is 11.0. The minimum absolute atomic E-state index is 0.00479. The van der Waals surface area contributed by atoms with E-state index in [1.54, 1.807) is 11.0 Å². The second-order valence-corrected chi connectivity index (χ2v) is 4.65. The van der Waals surface area contributed by atoms with Gasteiger partial charge in [-0.15, -0.1) is 0 Å². The van der Waals surface area contributed by atoms with Crippen LogP contribution in [0.15, 0.2) is 18.2 Å². The summed E-state index contributed by atoms with van der Waals surface area (Å²) in [6, 6.07) is 4.34. The van der Waals surface area contributed by atoms with Crippen LogP contribution in [0.5, 0.6) is 5.75 Å². The molecule has 2 N–H and O–H groups in total. The van der Waals surface area contributed by atoms with E-state index in [1.165, 1.54) is 19.2 Å². The standard InChI is InChI=1S/C13H17N3O4/c1-20-12-10(5-2-6-11(12)16(18)19)13(17)15-7-3-4-9(15)8-14/h2,5-6,9H,3-4,7-8,14H2,1H3. The molecule has 1 heterocycles. The minimum atomic E-state index is -0.556. The predicted molar refractivity (Wildman–Crippen MR) is 72.8 cm³/mol. The number of carbonyl (C=O) groups excluding carboxylic acids is 1. The van der Waals surface area contributed by atoms with Gasteiger partial charge in [0.2, 0.25) is 5.75 Å². The Bertz CT molecular complexity index is 532. The highest BCUT2D eigenvalue weighted by atomic mass is 16.6. The van der Waals surface area contributed by atoms with Crippen molar-refractivity contribution in [3.05, 3.63) is 33.9 Å². The van der Waals surface area contributed by atoms with Crippen molar-refractivity contribution in [2.45, 2.75) is 18.9 Å². The quantitative estimate of drug-likeness (QED) is 0.658. The predicted octanol–water partition coefficient (Wildman–Crippen LogP) is 1.17. The summed E-state index contributed by atoms with van der Waals surface area (Å²) in [4.78, 5) is 24.6. The summed E-state index contributed by atoms with van der Waals surface area (Å²) in [7, 11) is 1.32. The van der Waals surface area contributed by atoms with E-state index in [0.29, 0.717) is 13.1 Å². The van der Waals surface area contributed by atoms with Crippen molar-refractivity contribution in [1.29, 1.82) is 0 Å². The van der Waals surface area contributed by atoms with Gasteiger partial charge >= 0.3 is 5.69 Å². The van der Waals surface area contributed by atoms with Crippen LogP contribution >= 0.6 is 0 Å². The van der Waals surface area contributed by atoms with Gasteiger partial charge in [0.05, 0.1) is 17.6 Å². The molecular weight excluding hydrogens is 262 g/mol. The topological polar surface area (TPSA) is 98.7 Å². The Morgan fingerprint density at radius 3 is 2.95 bits per heavy atom. The number of methoxy groups -OCH3 is 1. The molecule has 108 valence electrons. The van der Waals surface area contributed by atoms with E-state index in [0.717, 1.165) is 12.8 Å². The van der Waals surface area contributed by atoms with Crippen LogP contribution in [-0.2, 0) is 0 Å². The van der Waals surface area contributed by atoms with Crippen LogP contribution in [0.3, 0.4) is 0 Å². The zero-order chi connectivity index (χ0) is 14.7. The highest BCUT2D eigenvalue weighted by molar-refractivity contribution is 5.98. The molecule has 1 saturated heterocycles. The van der Waals surface area contributed by atoms with Crippen molar-refractivity contribution >= 4 is 11.6 Å². The SMILES string of the molecule is COc1c(C(=O)N2CCCC2CN)cccc1[N+](=O)[O-]. The van der Waals surface area contributed by atoms with E-state index >= 15 is 0 Å². The van der Waals surface area contributed by atoms with Crippen LogP contribution < -0.4 is 10.5 Å². The normalized spacial score (nSPS) is 18.1. The largest absolute Gasteiger partial charge is 0.490 e. The summed E-state index contributed by atoms with van der Waals surface area (Å²) in [6.07, 6.45) is 1.75. The van der Waals surface area contributed by atoms with Gasteiger partial charge in [0.25, 0.3) is 5.91 Å². The zero-order valence-electron chi connectivity index (χ0n) is 11.2. The molecule has 1 amide bonds. The Hall–Kier alpha value is -2.15. The fourth-order valence-electron chi connectivity index (χ4n) is 2.55. The van der Waals surface area contributed by atoms with Gasteiger partial charge in [0.15, 0.2) is 0 Å². The average molecular weight is 279 g/mol. The smallest absolute Gasteiger partial charge is 0.311 e. The van der Waals surface area contributed by atoms with Gasteiger partial charge in [-0.05, 0) is 18.9 Å². The van der Waals surface area contributed by atoms with Crippen LogP contribution in [0.4, 0.5) is 5.69 Å². The number of nitrogens with two attached hydrogens (primary N) is 1. The highest BCUT2D eigenvalue weighted by Gasteiger charge is 2.32. The van der Waals surface area contributed by atoms with Gasteiger partial charge in [0, 0.05) is 25.2 Å². The maximum Gasteiger partial charge on any atom is 0.311 e. The molecule has 20 heavy (non-hydrogen) atoms. The fourth-order valence-corrected chi connectivity index (χ4v) is 2.55. The molecule has 0 spiro atoms. The molecule has 1 unspecified atom stereocenters. The number of amides is 1. The number of hydrogen-bond acceptors (Lipinski definition) is 5. The van der Waals surface area contributed by atoms with Crippen LogP contribution in [0, 0.1) is 10.1 Å². The summed E-state index contributed by atoms with van der Waals surface area (Å²) in [5.41, 5.74) is 5.66. The number of benzene rings is 1. The van der Waals surface area contributed by atoms with Gasteiger partial charge in [-0.1, -0.05) is 6.07 Å². The number of likely N-dealkylation sites (tertiary alicyclic amines) is 1. The molecule has 1 aliphatic rings. The van der Waals surface area contributed by atoms with Crippen LogP contribution in [0.2, 0.25) is 0 Å². The maximum absolute atomic E-state index is 12.5. The van der Waals surface area contributed by atoms with Gasteiger partial charge in [-0.3, -0.25) is 14.9 Å². The Balaban J connectivity index is 2.39. The lowest BCUT2D eigenvalue weighted by molar-refractivity contribution is -0.385. The molecule has 2 rings (SSSR count). The van der Waals surface area contributed by atoms with E-state index in [-0.39, 0.29) is 28.9 Å². The third-order valence-electron chi connectivity index (χ3n) is 3.54.